The fraction of sp³-hybridized carbons (Fsp3) is 0.100. The topological polar surface area (TPSA) is 48.7 Å². The van der Waals surface area contributed by atoms with Gasteiger partial charge in [-0.2, -0.15) is 0 Å². The van der Waals surface area contributed by atoms with Crippen LogP contribution < -0.4 is 9.47 Å². The second-order valence-corrected chi connectivity index (χ2v) is 5.85. The first-order valence-electron chi connectivity index (χ1n) is 8.19. The molecule has 0 bridgehead atoms. The van der Waals surface area contributed by atoms with E-state index in [1.54, 1.807) is 16.8 Å². The van der Waals surface area contributed by atoms with Crippen LogP contribution in [0.15, 0.2) is 61.1 Å². The van der Waals surface area contributed by atoms with Gasteiger partial charge in [0.2, 0.25) is 5.78 Å². The third kappa shape index (κ3) is 3.44. The van der Waals surface area contributed by atoms with Crippen LogP contribution in [-0.2, 0) is 6.61 Å². The number of benzene rings is 2. The monoisotopic (exact) mass is 367 g/mol. The molecule has 0 saturated carbocycles. The van der Waals surface area contributed by atoms with E-state index in [0.29, 0.717) is 17.0 Å². The number of fused-ring (bicyclic) bond motifs is 1. The number of nitrogens with zero attached hydrogens (tertiary/aromatic N) is 3. The standard InChI is InChI=1S/C20H15F2N3O2/c1-26-19-7-16(17(21)8-18(19)22)13-9-23-20-24-14(11-25(20)10-13)12-27-15-5-3-2-4-6-15/h2-11H,12H2,1H3. The van der Waals surface area contributed by atoms with Gasteiger partial charge in [-0.1, -0.05) is 18.2 Å². The van der Waals surface area contributed by atoms with E-state index in [1.165, 1.54) is 19.4 Å². The summed E-state index contributed by atoms with van der Waals surface area (Å²) < 4.78 is 40.1. The third-order valence-electron chi connectivity index (χ3n) is 4.04. The number of para-hydroxylation sites is 1. The molecule has 0 aliphatic carbocycles. The number of rotatable bonds is 5. The molecule has 2 heterocycles. The molecule has 0 N–H and O–H groups in total. The summed E-state index contributed by atoms with van der Waals surface area (Å²) in [5.41, 5.74) is 1.35. The lowest BCUT2D eigenvalue weighted by Gasteiger charge is -2.07. The largest absolute Gasteiger partial charge is 0.494 e. The molecule has 0 saturated heterocycles. The van der Waals surface area contributed by atoms with Crippen molar-refractivity contribution in [3.05, 3.63) is 78.4 Å². The zero-order chi connectivity index (χ0) is 18.8. The predicted octanol–water partition coefficient (Wildman–Crippen LogP) is 4.26. The maximum atomic E-state index is 14.2. The Hall–Kier alpha value is -3.48. The van der Waals surface area contributed by atoms with Crippen LogP contribution in [0.25, 0.3) is 16.9 Å². The summed E-state index contributed by atoms with van der Waals surface area (Å²) in [5.74, 6) is -0.282. The number of hydrogen-bond acceptors (Lipinski definition) is 4. The van der Waals surface area contributed by atoms with Gasteiger partial charge >= 0.3 is 0 Å². The van der Waals surface area contributed by atoms with Crippen molar-refractivity contribution in [2.45, 2.75) is 6.61 Å². The molecule has 0 spiro atoms. The summed E-state index contributed by atoms with van der Waals surface area (Å²) in [7, 11) is 1.33. The van der Waals surface area contributed by atoms with Crippen molar-refractivity contribution in [1.82, 2.24) is 14.4 Å². The fourth-order valence-corrected chi connectivity index (χ4v) is 2.72. The van der Waals surface area contributed by atoms with E-state index in [0.717, 1.165) is 11.8 Å². The summed E-state index contributed by atoms with van der Waals surface area (Å²) in [6.45, 7) is 0.279. The Morgan fingerprint density at radius 3 is 2.63 bits per heavy atom. The van der Waals surface area contributed by atoms with Gasteiger partial charge < -0.3 is 9.47 Å². The van der Waals surface area contributed by atoms with Crippen LogP contribution in [0, 0.1) is 11.6 Å². The molecular weight excluding hydrogens is 352 g/mol. The highest BCUT2D eigenvalue weighted by atomic mass is 19.1. The van der Waals surface area contributed by atoms with Crippen molar-refractivity contribution < 1.29 is 18.3 Å². The molecular formula is C20H15F2N3O2. The number of halogens is 2. The van der Waals surface area contributed by atoms with Crippen LogP contribution in [0.4, 0.5) is 8.78 Å². The van der Waals surface area contributed by atoms with Gasteiger partial charge in [0, 0.05) is 35.8 Å². The Morgan fingerprint density at radius 2 is 1.85 bits per heavy atom. The highest BCUT2D eigenvalue weighted by Gasteiger charge is 2.14. The molecule has 0 radical (unpaired) electrons. The van der Waals surface area contributed by atoms with Gasteiger partial charge in [0.15, 0.2) is 11.6 Å². The minimum Gasteiger partial charge on any atom is -0.494 e. The molecule has 0 aliphatic heterocycles. The van der Waals surface area contributed by atoms with Gasteiger partial charge in [-0.3, -0.25) is 4.40 Å². The second kappa shape index (κ2) is 7.03. The zero-order valence-electron chi connectivity index (χ0n) is 14.4. The van der Waals surface area contributed by atoms with E-state index in [9.17, 15) is 8.78 Å². The van der Waals surface area contributed by atoms with Crippen LogP contribution in [0.2, 0.25) is 0 Å². The van der Waals surface area contributed by atoms with Crippen molar-refractivity contribution in [3.63, 3.8) is 0 Å². The summed E-state index contributed by atoms with van der Waals surface area (Å²) >= 11 is 0. The van der Waals surface area contributed by atoms with Crippen LogP contribution in [-0.4, -0.2) is 21.5 Å². The van der Waals surface area contributed by atoms with E-state index in [4.69, 9.17) is 9.47 Å². The Bertz CT molecular complexity index is 1100. The number of methoxy groups -OCH3 is 1. The van der Waals surface area contributed by atoms with Crippen molar-refractivity contribution >= 4 is 5.78 Å². The van der Waals surface area contributed by atoms with Crippen molar-refractivity contribution in [2.24, 2.45) is 0 Å². The first kappa shape index (κ1) is 17.0. The molecule has 136 valence electrons. The Morgan fingerprint density at radius 1 is 1.04 bits per heavy atom. The lowest BCUT2D eigenvalue weighted by atomic mass is 10.1. The van der Waals surface area contributed by atoms with Gasteiger partial charge in [0.1, 0.15) is 18.2 Å². The molecule has 2 aromatic carbocycles. The summed E-state index contributed by atoms with van der Waals surface area (Å²) in [4.78, 5) is 8.63. The molecule has 27 heavy (non-hydrogen) atoms. The van der Waals surface area contributed by atoms with Gasteiger partial charge in [0.25, 0.3) is 0 Å². The minimum absolute atomic E-state index is 0.0333. The molecule has 0 atom stereocenters. The first-order valence-corrected chi connectivity index (χ1v) is 8.19. The van der Waals surface area contributed by atoms with Crippen molar-refractivity contribution in [3.8, 4) is 22.6 Å². The fourth-order valence-electron chi connectivity index (χ4n) is 2.72. The Balaban J connectivity index is 1.63. The van der Waals surface area contributed by atoms with Crippen LogP contribution >= 0.6 is 0 Å². The maximum Gasteiger partial charge on any atom is 0.234 e. The van der Waals surface area contributed by atoms with Crippen LogP contribution in [0.3, 0.4) is 0 Å². The van der Waals surface area contributed by atoms with Gasteiger partial charge in [-0.15, -0.1) is 0 Å². The van der Waals surface area contributed by atoms with E-state index < -0.39 is 11.6 Å². The predicted molar refractivity (Wildman–Crippen MR) is 95.7 cm³/mol. The second-order valence-electron chi connectivity index (χ2n) is 5.85. The van der Waals surface area contributed by atoms with E-state index in [2.05, 4.69) is 9.97 Å². The minimum atomic E-state index is -0.754. The molecule has 0 unspecified atom stereocenters. The van der Waals surface area contributed by atoms with E-state index >= 15 is 0 Å². The Kier molecular flexibility index (Phi) is 4.42. The highest BCUT2D eigenvalue weighted by Crippen LogP contribution is 2.29. The summed E-state index contributed by atoms with van der Waals surface area (Å²) in [5, 5.41) is 0. The molecule has 4 aromatic rings. The molecule has 0 amide bonds. The number of imidazole rings is 1. The SMILES string of the molecule is COc1cc(-c2cnc3nc(COc4ccccc4)cn3c2)c(F)cc1F. The van der Waals surface area contributed by atoms with Gasteiger partial charge in [-0.25, -0.2) is 18.7 Å². The average molecular weight is 367 g/mol. The summed E-state index contributed by atoms with van der Waals surface area (Å²) in [6.07, 6.45) is 4.92. The van der Waals surface area contributed by atoms with E-state index in [-0.39, 0.29) is 17.9 Å². The molecule has 0 aliphatic rings. The number of ether oxygens (including phenoxy) is 2. The lowest BCUT2D eigenvalue weighted by molar-refractivity contribution is 0.302. The molecule has 0 fully saturated rings. The molecule has 5 nitrogen and oxygen atoms in total. The normalized spacial score (nSPS) is 10.9. The number of aromatic nitrogens is 3. The van der Waals surface area contributed by atoms with Crippen LogP contribution in [0.5, 0.6) is 11.5 Å². The first-order chi connectivity index (χ1) is 13.1. The highest BCUT2D eigenvalue weighted by molar-refractivity contribution is 5.65. The smallest absolute Gasteiger partial charge is 0.234 e. The quantitative estimate of drug-likeness (QED) is 0.529. The van der Waals surface area contributed by atoms with Crippen molar-refractivity contribution in [2.75, 3.05) is 7.11 Å². The van der Waals surface area contributed by atoms with Crippen LogP contribution in [0.1, 0.15) is 5.69 Å². The number of hydrogen-bond donors (Lipinski definition) is 0. The maximum absolute atomic E-state index is 14.2. The molecule has 7 heteroatoms. The van der Waals surface area contributed by atoms with Gasteiger partial charge in [0.05, 0.1) is 12.8 Å². The average Bonchev–Trinajstić information content (AvgIpc) is 3.09. The van der Waals surface area contributed by atoms with Crippen molar-refractivity contribution in [1.29, 1.82) is 0 Å². The third-order valence-corrected chi connectivity index (χ3v) is 4.04. The summed E-state index contributed by atoms with van der Waals surface area (Å²) in [6, 6.07) is 11.5. The molecule has 4 rings (SSSR count). The Labute approximate surface area is 153 Å². The van der Waals surface area contributed by atoms with Gasteiger partial charge in [-0.05, 0) is 18.2 Å². The lowest BCUT2D eigenvalue weighted by Crippen LogP contribution is -1.95. The molecule has 2 aromatic heterocycles. The zero-order valence-corrected chi connectivity index (χ0v) is 14.4. The van der Waals surface area contributed by atoms with E-state index in [1.807, 2.05) is 30.3 Å².